The van der Waals surface area contributed by atoms with Crippen LogP contribution in [0.4, 0.5) is 0 Å². The number of halogens is 1. The van der Waals surface area contributed by atoms with Crippen molar-refractivity contribution in [3.8, 4) is 0 Å². The van der Waals surface area contributed by atoms with Crippen LogP contribution in [0.25, 0.3) is 0 Å². The van der Waals surface area contributed by atoms with E-state index in [-0.39, 0.29) is 13.2 Å². The van der Waals surface area contributed by atoms with Crippen LogP contribution in [0.5, 0.6) is 0 Å². The molecule has 1 fully saturated rings. The lowest BCUT2D eigenvalue weighted by molar-refractivity contribution is -0.00951. The molecule has 0 bridgehead atoms. The number of rotatable bonds is 3. The summed E-state index contributed by atoms with van der Waals surface area (Å²) < 4.78 is 10.0. The quantitative estimate of drug-likeness (QED) is 0.680. The summed E-state index contributed by atoms with van der Waals surface area (Å²) >= 11 is 3.03. The molecule has 4 nitrogen and oxygen atoms in total. The third kappa shape index (κ3) is 2.45. The molecule has 3 atom stereocenters. The summed E-state index contributed by atoms with van der Waals surface area (Å²) in [6, 6.07) is 0. The monoisotopic (exact) mass is 238 g/mol. The van der Waals surface area contributed by atoms with Crippen molar-refractivity contribution >= 4 is 15.9 Å². The van der Waals surface area contributed by atoms with Crippen LogP contribution in [-0.4, -0.2) is 41.7 Å². The molecule has 0 aromatic carbocycles. The molecular formula is C7H11BrO4. The fourth-order valence-corrected chi connectivity index (χ4v) is 1.15. The van der Waals surface area contributed by atoms with Gasteiger partial charge in [0.25, 0.3) is 0 Å². The first-order valence-corrected chi connectivity index (χ1v) is 4.52. The molecule has 0 saturated carbocycles. The van der Waals surface area contributed by atoms with Gasteiger partial charge in [-0.2, -0.15) is 0 Å². The number of aliphatic hydroxyl groups excluding tert-OH is 2. The second kappa shape index (κ2) is 4.81. The molecular weight excluding hydrogens is 228 g/mol. The predicted molar refractivity (Wildman–Crippen MR) is 45.8 cm³/mol. The van der Waals surface area contributed by atoms with Crippen molar-refractivity contribution in [3.63, 3.8) is 0 Å². The topological polar surface area (TPSA) is 58.9 Å². The normalized spacial score (nSPS) is 36.1. The minimum absolute atomic E-state index is 0.174. The first-order chi connectivity index (χ1) is 5.75. The van der Waals surface area contributed by atoms with E-state index in [9.17, 15) is 5.11 Å². The van der Waals surface area contributed by atoms with Crippen molar-refractivity contribution in [1.29, 1.82) is 0 Å². The third-order valence-electron chi connectivity index (χ3n) is 1.66. The van der Waals surface area contributed by atoms with Gasteiger partial charge in [-0.25, -0.2) is 0 Å². The fraction of sp³-hybridized carbons (Fsp3) is 0.714. The van der Waals surface area contributed by atoms with Gasteiger partial charge < -0.3 is 19.7 Å². The molecule has 1 heterocycles. The Morgan fingerprint density at radius 2 is 2.33 bits per heavy atom. The predicted octanol–water partition coefficient (Wildman–Crippen LogP) is -0.0103. The molecule has 0 aliphatic carbocycles. The molecule has 1 aliphatic rings. The highest BCUT2D eigenvalue weighted by atomic mass is 79.9. The molecule has 12 heavy (non-hydrogen) atoms. The lowest BCUT2D eigenvalue weighted by Crippen LogP contribution is -2.32. The smallest absolute Gasteiger partial charge is 0.120 e. The van der Waals surface area contributed by atoms with E-state index in [1.165, 1.54) is 6.26 Å². The average molecular weight is 239 g/mol. The van der Waals surface area contributed by atoms with Crippen LogP contribution in [0.3, 0.4) is 0 Å². The van der Waals surface area contributed by atoms with Gasteiger partial charge in [0.05, 0.1) is 12.9 Å². The van der Waals surface area contributed by atoms with E-state index < -0.39 is 18.3 Å². The Kier molecular flexibility index (Phi) is 4.00. The Morgan fingerprint density at radius 1 is 1.58 bits per heavy atom. The fourth-order valence-electron chi connectivity index (χ4n) is 1.00. The van der Waals surface area contributed by atoms with Crippen LogP contribution in [0, 0.1) is 0 Å². The van der Waals surface area contributed by atoms with E-state index in [1.54, 1.807) is 4.99 Å². The van der Waals surface area contributed by atoms with Crippen LogP contribution in [-0.2, 0) is 9.47 Å². The summed E-state index contributed by atoms with van der Waals surface area (Å²) in [5, 5.41) is 18.3. The zero-order chi connectivity index (χ0) is 8.97. The van der Waals surface area contributed by atoms with Gasteiger partial charge in [0, 0.05) is 4.99 Å². The van der Waals surface area contributed by atoms with E-state index in [2.05, 4.69) is 15.9 Å². The van der Waals surface area contributed by atoms with Crippen LogP contribution in [0.15, 0.2) is 11.2 Å². The summed E-state index contributed by atoms with van der Waals surface area (Å²) in [5.74, 6) is 0. The van der Waals surface area contributed by atoms with Gasteiger partial charge in [-0.05, 0) is 0 Å². The summed E-state index contributed by atoms with van der Waals surface area (Å²) in [6.07, 6.45) is -0.607. The maximum Gasteiger partial charge on any atom is 0.120 e. The molecule has 0 aromatic heterocycles. The van der Waals surface area contributed by atoms with E-state index in [1.807, 2.05) is 0 Å². The molecule has 0 spiro atoms. The molecule has 0 unspecified atom stereocenters. The zero-order valence-corrected chi connectivity index (χ0v) is 7.98. The SMILES string of the molecule is O[C@H]1[C@H](O)CO[C@@H]1COC=CBr. The Hall–Kier alpha value is -0.100. The van der Waals surface area contributed by atoms with Crippen LogP contribution >= 0.6 is 15.9 Å². The number of ether oxygens (including phenoxy) is 2. The molecule has 2 N–H and O–H groups in total. The summed E-state index contributed by atoms with van der Waals surface area (Å²) in [4.78, 5) is 1.56. The second-order valence-corrected chi connectivity index (χ2v) is 3.05. The Morgan fingerprint density at radius 3 is 2.83 bits per heavy atom. The maximum absolute atomic E-state index is 9.27. The largest absolute Gasteiger partial charge is 0.498 e. The van der Waals surface area contributed by atoms with Gasteiger partial charge in [0.1, 0.15) is 24.9 Å². The van der Waals surface area contributed by atoms with Crippen molar-refractivity contribution in [1.82, 2.24) is 0 Å². The lowest BCUT2D eigenvalue weighted by Gasteiger charge is -2.13. The van der Waals surface area contributed by atoms with Crippen molar-refractivity contribution in [2.45, 2.75) is 18.3 Å². The highest BCUT2D eigenvalue weighted by Gasteiger charge is 2.34. The van der Waals surface area contributed by atoms with Gasteiger partial charge in [0.2, 0.25) is 0 Å². The highest BCUT2D eigenvalue weighted by molar-refractivity contribution is 9.11. The maximum atomic E-state index is 9.27. The molecule has 0 aromatic rings. The highest BCUT2D eigenvalue weighted by Crippen LogP contribution is 2.14. The molecule has 0 amide bonds. The molecule has 0 radical (unpaired) electrons. The standard InChI is InChI=1S/C7H11BrO4/c8-1-2-11-4-6-7(10)5(9)3-12-6/h1-2,5-7,9-10H,3-4H2/t5-,6-,7+/m1/s1. The first kappa shape index (κ1) is 9.98. The van der Waals surface area contributed by atoms with Gasteiger partial charge in [0.15, 0.2) is 0 Å². The number of hydrogen-bond donors (Lipinski definition) is 2. The van der Waals surface area contributed by atoms with Gasteiger partial charge >= 0.3 is 0 Å². The number of aliphatic hydroxyl groups is 2. The Labute approximate surface area is 78.9 Å². The summed E-state index contributed by atoms with van der Waals surface area (Å²) in [7, 11) is 0. The summed E-state index contributed by atoms with van der Waals surface area (Å²) in [5.41, 5.74) is 0. The molecule has 1 aliphatic heterocycles. The Bertz CT molecular complexity index is 161. The van der Waals surface area contributed by atoms with Crippen molar-refractivity contribution in [2.24, 2.45) is 0 Å². The average Bonchev–Trinajstić information content (AvgIpc) is 2.36. The second-order valence-electron chi connectivity index (χ2n) is 2.53. The molecule has 70 valence electrons. The van der Waals surface area contributed by atoms with Crippen LogP contribution in [0.2, 0.25) is 0 Å². The van der Waals surface area contributed by atoms with Gasteiger partial charge in [-0.3, -0.25) is 0 Å². The Balaban J connectivity index is 2.24. The third-order valence-corrected chi connectivity index (χ3v) is 1.88. The lowest BCUT2D eigenvalue weighted by atomic mass is 10.2. The first-order valence-electron chi connectivity index (χ1n) is 3.60. The van der Waals surface area contributed by atoms with Crippen LogP contribution < -0.4 is 0 Å². The minimum Gasteiger partial charge on any atom is -0.498 e. The van der Waals surface area contributed by atoms with Crippen molar-refractivity contribution < 1.29 is 19.7 Å². The van der Waals surface area contributed by atoms with Crippen LogP contribution in [0.1, 0.15) is 0 Å². The molecule has 1 saturated heterocycles. The van der Waals surface area contributed by atoms with E-state index >= 15 is 0 Å². The van der Waals surface area contributed by atoms with Crippen molar-refractivity contribution in [2.75, 3.05) is 13.2 Å². The van der Waals surface area contributed by atoms with E-state index in [0.717, 1.165) is 0 Å². The van der Waals surface area contributed by atoms with Crippen molar-refractivity contribution in [3.05, 3.63) is 11.2 Å². The minimum atomic E-state index is -0.839. The van der Waals surface area contributed by atoms with E-state index in [0.29, 0.717) is 0 Å². The van der Waals surface area contributed by atoms with Gasteiger partial charge in [-0.15, -0.1) is 0 Å². The number of hydrogen-bond acceptors (Lipinski definition) is 4. The van der Waals surface area contributed by atoms with E-state index in [4.69, 9.17) is 14.6 Å². The molecule has 5 heteroatoms. The summed E-state index contributed by atoms with van der Waals surface area (Å²) in [6.45, 7) is 0.424. The molecule has 1 rings (SSSR count). The van der Waals surface area contributed by atoms with Gasteiger partial charge in [-0.1, -0.05) is 15.9 Å². The zero-order valence-electron chi connectivity index (χ0n) is 6.39.